The Morgan fingerprint density at radius 1 is 1.57 bits per heavy atom. The van der Waals surface area contributed by atoms with Gasteiger partial charge in [-0.1, -0.05) is 6.92 Å². The monoisotopic (exact) mass is 292 g/mol. The van der Waals surface area contributed by atoms with E-state index in [1.807, 2.05) is 6.92 Å². The highest BCUT2D eigenvalue weighted by Crippen LogP contribution is 2.30. The number of carbonyl (C=O) groups is 1. The van der Waals surface area contributed by atoms with Crippen LogP contribution in [0.4, 0.5) is 11.5 Å². The van der Waals surface area contributed by atoms with Crippen molar-refractivity contribution in [1.82, 2.24) is 9.88 Å². The van der Waals surface area contributed by atoms with Crippen molar-refractivity contribution >= 4 is 17.4 Å². The van der Waals surface area contributed by atoms with E-state index in [9.17, 15) is 14.9 Å². The molecular formula is C14H20N4O3. The second-order valence-electron chi connectivity index (χ2n) is 5.40. The van der Waals surface area contributed by atoms with Gasteiger partial charge in [0.1, 0.15) is 12.0 Å². The highest BCUT2D eigenvalue weighted by atomic mass is 16.6. The van der Waals surface area contributed by atoms with Gasteiger partial charge in [-0.05, 0) is 25.2 Å². The van der Waals surface area contributed by atoms with E-state index in [-0.39, 0.29) is 17.2 Å². The third-order valence-electron chi connectivity index (χ3n) is 3.43. The number of hydrogen-bond donors (Lipinski definition) is 1. The van der Waals surface area contributed by atoms with Crippen LogP contribution in [0.1, 0.15) is 36.5 Å². The lowest BCUT2D eigenvalue weighted by molar-refractivity contribution is -0.385. The molecule has 1 aliphatic rings. The van der Waals surface area contributed by atoms with Crippen molar-refractivity contribution in [2.75, 3.05) is 25.5 Å². The van der Waals surface area contributed by atoms with Gasteiger partial charge >= 0.3 is 0 Å². The van der Waals surface area contributed by atoms with Crippen LogP contribution < -0.4 is 5.32 Å². The molecule has 1 fully saturated rings. The Hall–Kier alpha value is -2.18. The number of pyridine rings is 1. The number of nitro groups is 1. The van der Waals surface area contributed by atoms with E-state index in [1.54, 1.807) is 11.9 Å². The van der Waals surface area contributed by atoms with Crippen LogP contribution in [0.3, 0.4) is 0 Å². The van der Waals surface area contributed by atoms with Crippen LogP contribution in [-0.2, 0) is 0 Å². The Morgan fingerprint density at radius 3 is 2.86 bits per heavy atom. The van der Waals surface area contributed by atoms with Crippen molar-refractivity contribution in [2.24, 2.45) is 5.92 Å². The molecule has 1 heterocycles. The molecular weight excluding hydrogens is 272 g/mol. The van der Waals surface area contributed by atoms with Crippen molar-refractivity contribution in [2.45, 2.75) is 26.2 Å². The number of amides is 1. The van der Waals surface area contributed by atoms with Crippen LogP contribution in [0.25, 0.3) is 0 Å². The molecule has 0 saturated heterocycles. The molecule has 1 amide bonds. The van der Waals surface area contributed by atoms with Gasteiger partial charge in [-0.3, -0.25) is 14.9 Å². The summed E-state index contributed by atoms with van der Waals surface area (Å²) in [5.41, 5.74) is 0.0982. The van der Waals surface area contributed by atoms with Crippen LogP contribution >= 0.6 is 0 Å². The van der Waals surface area contributed by atoms with Crippen molar-refractivity contribution in [3.05, 3.63) is 27.9 Å². The van der Waals surface area contributed by atoms with Crippen molar-refractivity contribution in [1.29, 1.82) is 0 Å². The van der Waals surface area contributed by atoms with E-state index >= 15 is 0 Å². The minimum Gasteiger partial charge on any atom is -0.369 e. The Kier molecular flexibility index (Phi) is 4.72. The van der Waals surface area contributed by atoms with Gasteiger partial charge in [0.15, 0.2) is 0 Å². The number of aromatic nitrogens is 1. The second-order valence-corrected chi connectivity index (χ2v) is 5.40. The maximum Gasteiger partial charge on any atom is 0.288 e. The van der Waals surface area contributed by atoms with Gasteiger partial charge in [0, 0.05) is 26.2 Å². The average molecular weight is 292 g/mol. The van der Waals surface area contributed by atoms with Gasteiger partial charge in [-0.25, -0.2) is 4.98 Å². The van der Waals surface area contributed by atoms with Crippen molar-refractivity contribution < 1.29 is 9.72 Å². The third-order valence-corrected chi connectivity index (χ3v) is 3.43. The molecule has 0 atom stereocenters. The molecule has 7 nitrogen and oxygen atoms in total. The molecule has 0 bridgehead atoms. The van der Waals surface area contributed by atoms with E-state index in [1.165, 1.54) is 12.3 Å². The van der Waals surface area contributed by atoms with E-state index in [4.69, 9.17) is 0 Å². The van der Waals surface area contributed by atoms with E-state index in [0.717, 1.165) is 19.3 Å². The normalized spacial score (nSPS) is 13.8. The highest BCUT2D eigenvalue weighted by molar-refractivity contribution is 5.99. The molecule has 1 saturated carbocycles. The molecule has 21 heavy (non-hydrogen) atoms. The molecule has 1 aromatic heterocycles. The van der Waals surface area contributed by atoms with Gasteiger partial charge in [0.2, 0.25) is 0 Å². The van der Waals surface area contributed by atoms with E-state index in [2.05, 4.69) is 10.3 Å². The predicted octanol–water partition coefficient (Wildman–Crippen LogP) is 2.29. The molecule has 1 N–H and O–H groups in total. The van der Waals surface area contributed by atoms with Gasteiger partial charge in [0.25, 0.3) is 11.6 Å². The van der Waals surface area contributed by atoms with Crippen LogP contribution in [0.15, 0.2) is 12.3 Å². The van der Waals surface area contributed by atoms with Crippen LogP contribution in [0.2, 0.25) is 0 Å². The molecule has 0 radical (unpaired) electrons. The summed E-state index contributed by atoms with van der Waals surface area (Å²) in [7, 11) is 1.73. The zero-order valence-corrected chi connectivity index (χ0v) is 12.3. The molecule has 1 aromatic rings. The molecule has 114 valence electrons. The summed E-state index contributed by atoms with van der Waals surface area (Å²) in [6, 6.07) is 1.30. The lowest BCUT2D eigenvalue weighted by Gasteiger charge is -2.18. The summed E-state index contributed by atoms with van der Waals surface area (Å²) in [6.45, 7) is 3.35. The molecule has 2 rings (SSSR count). The maximum absolute atomic E-state index is 12.5. The first-order valence-electron chi connectivity index (χ1n) is 7.16. The van der Waals surface area contributed by atoms with Crippen LogP contribution in [-0.4, -0.2) is 40.9 Å². The number of carbonyl (C=O) groups excluding carboxylic acids is 1. The summed E-state index contributed by atoms with van der Waals surface area (Å²) in [6.07, 6.45) is 4.34. The molecule has 7 heteroatoms. The fraction of sp³-hybridized carbons (Fsp3) is 0.571. The fourth-order valence-electron chi connectivity index (χ4n) is 2.08. The van der Waals surface area contributed by atoms with Crippen molar-refractivity contribution in [3.63, 3.8) is 0 Å². The standard InChI is InChI=1S/C14H20N4O3/c1-3-6-15-13-12(7-11(8-16-13)18(20)21)14(19)17(2)9-10-4-5-10/h7-8,10H,3-6,9H2,1-2H3,(H,15,16). The number of rotatable bonds is 7. The Labute approximate surface area is 123 Å². The topological polar surface area (TPSA) is 88.4 Å². The second kappa shape index (κ2) is 6.51. The van der Waals surface area contributed by atoms with Gasteiger partial charge < -0.3 is 10.2 Å². The smallest absolute Gasteiger partial charge is 0.288 e. The lowest BCUT2D eigenvalue weighted by Crippen LogP contribution is -2.29. The zero-order chi connectivity index (χ0) is 15.4. The fourth-order valence-corrected chi connectivity index (χ4v) is 2.08. The SMILES string of the molecule is CCCNc1ncc([N+](=O)[O-])cc1C(=O)N(C)CC1CC1. The summed E-state index contributed by atoms with van der Waals surface area (Å²) in [4.78, 5) is 28.5. The molecule has 0 unspecified atom stereocenters. The Balaban J connectivity index is 2.24. The Morgan fingerprint density at radius 2 is 2.29 bits per heavy atom. The number of nitrogens with one attached hydrogen (secondary N) is 1. The summed E-state index contributed by atoms with van der Waals surface area (Å²) in [5, 5.41) is 13.9. The summed E-state index contributed by atoms with van der Waals surface area (Å²) < 4.78 is 0. The molecule has 0 spiro atoms. The number of hydrogen-bond acceptors (Lipinski definition) is 5. The zero-order valence-electron chi connectivity index (χ0n) is 12.3. The molecule has 0 aliphatic heterocycles. The Bertz CT molecular complexity index is 543. The van der Waals surface area contributed by atoms with Gasteiger partial charge in [-0.15, -0.1) is 0 Å². The minimum atomic E-state index is -0.533. The number of anilines is 1. The van der Waals surface area contributed by atoms with Gasteiger partial charge in [-0.2, -0.15) is 0 Å². The number of nitrogens with zero attached hydrogens (tertiary/aromatic N) is 3. The molecule has 0 aromatic carbocycles. The first-order chi connectivity index (χ1) is 10.0. The van der Waals surface area contributed by atoms with Crippen LogP contribution in [0.5, 0.6) is 0 Å². The lowest BCUT2D eigenvalue weighted by atomic mass is 10.2. The molecule has 1 aliphatic carbocycles. The summed E-state index contributed by atoms with van der Waals surface area (Å²) in [5.74, 6) is 0.754. The highest BCUT2D eigenvalue weighted by Gasteiger charge is 2.27. The largest absolute Gasteiger partial charge is 0.369 e. The average Bonchev–Trinajstić information content (AvgIpc) is 3.27. The van der Waals surface area contributed by atoms with E-state index in [0.29, 0.717) is 24.8 Å². The predicted molar refractivity (Wildman–Crippen MR) is 79.4 cm³/mol. The summed E-state index contributed by atoms with van der Waals surface area (Å²) >= 11 is 0. The van der Waals surface area contributed by atoms with Crippen LogP contribution in [0, 0.1) is 16.0 Å². The minimum absolute atomic E-state index is 0.166. The maximum atomic E-state index is 12.5. The van der Waals surface area contributed by atoms with E-state index < -0.39 is 4.92 Å². The first kappa shape index (κ1) is 15.2. The quantitative estimate of drug-likeness (QED) is 0.615. The van der Waals surface area contributed by atoms with Gasteiger partial charge in [0.05, 0.1) is 10.5 Å². The third kappa shape index (κ3) is 3.90. The first-order valence-corrected chi connectivity index (χ1v) is 7.16. The van der Waals surface area contributed by atoms with Crippen molar-refractivity contribution in [3.8, 4) is 0 Å².